The van der Waals surface area contributed by atoms with Crippen LogP contribution in [0.2, 0.25) is 0 Å². The van der Waals surface area contributed by atoms with Gasteiger partial charge in [-0.25, -0.2) is 9.13 Å². The van der Waals surface area contributed by atoms with Gasteiger partial charge in [0.15, 0.2) is 12.2 Å². The molecule has 92 heavy (non-hydrogen) atoms. The van der Waals surface area contributed by atoms with E-state index < -0.39 is 97.5 Å². The second kappa shape index (κ2) is 63.8. The molecule has 0 amide bonds. The fourth-order valence-corrected chi connectivity index (χ4v) is 12.7. The van der Waals surface area contributed by atoms with Crippen molar-refractivity contribution in [3.8, 4) is 0 Å². The summed E-state index contributed by atoms with van der Waals surface area (Å²) < 4.78 is 68.4. The highest BCUT2D eigenvalue weighted by molar-refractivity contribution is 7.47. The Bertz CT molecular complexity index is 1800. The number of phosphoric ester groups is 2. The lowest BCUT2D eigenvalue weighted by Gasteiger charge is -2.21. The molecular weight excluding hydrogens is 1210 g/mol. The lowest BCUT2D eigenvalue weighted by molar-refractivity contribution is -0.161. The second-order valence-electron chi connectivity index (χ2n) is 27.8. The molecule has 0 aromatic carbocycles. The minimum atomic E-state index is -4.95. The third kappa shape index (κ3) is 66.7. The highest BCUT2D eigenvalue weighted by Crippen LogP contribution is 2.45. The van der Waals surface area contributed by atoms with E-state index in [1.807, 2.05) is 0 Å². The third-order valence-corrected chi connectivity index (χ3v) is 18.8. The molecule has 0 rings (SSSR count). The molecule has 0 heterocycles. The molecule has 5 atom stereocenters. The highest BCUT2D eigenvalue weighted by Gasteiger charge is 2.30. The molecule has 0 aliphatic heterocycles. The van der Waals surface area contributed by atoms with Gasteiger partial charge in [0.1, 0.15) is 19.3 Å². The number of ether oxygens (including phenoxy) is 4. The van der Waals surface area contributed by atoms with Crippen molar-refractivity contribution in [3.63, 3.8) is 0 Å². The minimum Gasteiger partial charge on any atom is -0.462 e. The van der Waals surface area contributed by atoms with Crippen molar-refractivity contribution in [1.29, 1.82) is 0 Å². The van der Waals surface area contributed by atoms with Gasteiger partial charge in [0.2, 0.25) is 0 Å². The molecular formula is C73H142O17P2. The Morgan fingerprint density at radius 3 is 0.739 bits per heavy atom. The van der Waals surface area contributed by atoms with Crippen LogP contribution in [0.1, 0.15) is 370 Å². The summed E-state index contributed by atoms with van der Waals surface area (Å²) in [6.07, 6.45) is 48.5. The number of aliphatic hydroxyl groups is 1. The van der Waals surface area contributed by atoms with Crippen LogP contribution in [-0.4, -0.2) is 96.7 Å². The topological polar surface area (TPSA) is 237 Å². The van der Waals surface area contributed by atoms with E-state index in [1.54, 1.807) is 0 Å². The lowest BCUT2D eigenvalue weighted by atomic mass is 10.0. The molecule has 0 aromatic rings. The molecule has 0 aliphatic rings. The van der Waals surface area contributed by atoms with E-state index in [-0.39, 0.29) is 25.7 Å². The maximum absolute atomic E-state index is 13.1. The molecule has 0 fully saturated rings. The summed E-state index contributed by atoms with van der Waals surface area (Å²) in [5.74, 6) is 0.151. The average molecular weight is 1350 g/mol. The van der Waals surface area contributed by atoms with E-state index in [0.717, 1.165) is 108 Å². The van der Waals surface area contributed by atoms with Gasteiger partial charge in [-0.2, -0.15) is 0 Å². The van der Waals surface area contributed by atoms with Crippen molar-refractivity contribution in [2.45, 2.75) is 388 Å². The highest BCUT2D eigenvalue weighted by atomic mass is 31.2. The van der Waals surface area contributed by atoms with E-state index in [9.17, 15) is 43.2 Å². The summed E-state index contributed by atoms with van der Waals surface area (Å²) in [7, 11) is -9.91. The maximum atomic E-state index is 13.1. The number of hydrogen-bond acceptors (Lipinski definition) is 15. The van der Waals surface area contributed by atoms with Crippen LogP contribution in [0.5, 0.6) is 0 Å². The zero-order valence-corrected chi connectivity index (χ0v) is 61.8. The number of aliphatic hydroxyl groups excluding tert-OH is 1. The second-order valence-corrected chi connectivity index (χ2v) is 30.7. The Morgan fingerprint density at radius 2 is 0.500 bits per heavy atom. The van der Waals surface area contributed by atoms with E-state index >= 15 is 0 Å². The molecule has 0 saturated carbocycles. The molecule has 2 unspecified atom stereocenters. The van der Waals surface area contributed by atoms with Crippen LogP contribution in [-0.2, 0) is 65.4 Å². The van der Waals surface area contributed by atoms with E-state index in [1.165, 1.54) is 180 Å². The van der Waals surface area contributed by atoms with Gasteiger partial charge in [0.05, 0.1) is 26.4 Å². The Labute approximate surface area is 562 Å². The summed E-state index contributed by atoms with van der Waals surface area (Å²) in [6.45, 7) is 11.9. The maximum Gasteiger partial charge on any atom is 0.472 e. The van der Waals surface area contributed by atoms with Crippen LogP contribution >= 0.6 is 15.6 Å². The molecule has 546 valence electrons. The van der Waals surface area contributed by atoms with Gasteiger partial charge in [0.25, 0.3) is 0 Å². The fourth-order valence-electron chi connectivity index (χ4n) is 11.1. The minimum absolute atomic E-state index is 0.106. The van der Waals surface area contributed by atoms with Gasteiger partial charge in [-0.3, -0.25) is 37.3 Å². The summed E-state index contributed by atoms with van der Waals surface area (Å²) in [4.78, 5) is 72.7. The molecule has 17 nitrogen and oxygen atoms in total. The number of carbonyl (C=O) groups is 4. The van der Waals surface area contributed by atoms with Gasteiger partial charge in [-0.15, -0.1) is 0 Å². The molecule has 0 saturated heterocycles. The SMILES string of the molecule is CCCCCCCCCCCCCCC(=O)O[C@H](COC(=O)CCCCCCCCCCC(C)C)COP(=O)(O)OC[C@H](O)COP(=O)(O)OC[C@@H](COC(=O)CCCCCCCCCCCCC(C)C)OC(=O)CCCCCCCCCCCCCCCC(C)C. The van der Waals surface area contributed by atoms with Crippen LogP contribution in [0, 0.1) is 17.8 Å². The Morgan fingerprint density at radius 1 is 0.293 bits per heavy atom. The smallest absolute Gasteiger partial charge is 0.462 e. The predicted molar refractivity (Wildman–Crippen MR) is 372 cm³/mol. The standard InChI is InChI=1S/C73H142O17P2/c1-8-9-10-11-12-13-14-19-26-35-42-49-56-72(77)90-69(61-84-71(76)55-48-41-34-29-28-32-39-46-53-66(6)7)63-88-92(81,82)86-59-67(74)58-85-91(79,80)87-62-68(60-83-70(75)54-47-40-33-25-22-21-24-31-38-45-52-65(4)5)89-73(78)57-50-43-36-27-20-17-15-16-18-23-30-37-44-51-64(2)3/h64-69,74H,8-63H2,1-7H3,(H,79,80)(H,81,82)/t67-,68-,69-/m1/s1. The summed E-state index contributed by atoms with van der Waals surface area (Å²) >= 11 is 0. The molecule has 19 heteroatoms. The van der Waals surface area contributed by atoms with Crippen LogP contribution in [0.3, 0.4) is 0 Å². The van der Waals surface area contributed by atoms with Crippen molar-refractivity contribution in [2.24, 2.45) is 17.8 Å². The summed E-state index contributed by atoms with van der Waals surface area (Å²) in [6, 6.07) is 0. The van der Waals surface area contributed by atoms with Gasteiger partial charge in [-0.05, 0) is 43.4 Å². The molecule has 0 aliphatic carbocycles. The largest absolute Gasteiger partial charge is 0.472 e. The number of esters is 4. The number of rotatable bonds is 71. The van der Waals surface area contributed by atoms with Gasteiger partial charge in [-0.1, -0.05) is 318 Å². The van der Waals surface area contributed by atoms with Gasteiger partial charge >= 0.3 is 39.5 Å². The first-order valence-corrected chi connectivity index (χ1v) is 40.8. The van der Waals surface area contributed by atoms with Crippen molar-refractivity contribution < 1.29 is 80.2 Å². The molecule has 0 aromatic heterocycles. The molecule has 3 N–H and O–H groups in total. The van der Waals surface area contributed by atoms with Gasteiger partial charge < -0.3 is 33.8 Å². The molecule has 0 radical (unpaired) electrons. The Hall–Kier alpha value is -1.94. The molecule has 0 spiro atoms. The fraction of sp³-hybridized carbons (Fsp3) is 0.945. The third-order valence-electron chi connectivity index (χ3n) is 16.9. The van der Waals surface area contributed by atoms with Crippen LogP contribution in [0.25, 0.3) is 0 Å². The van der Waals surface area contributed by atoms with Gasteiger partial charge in [0, 0.05) is 25.7 Å². The number of phosphoric acid groups is 2. The number of hydrogen-bond donors (Lipinski definition) is 3. The molecule has 0 bridgehead atoms. The van der Waals surface area contributed by atoms with Crippen molar-refractivity contribution in [3.05, 3.63) is 0 Å². The predicted octanol–water partition coefficient (Wildman–Crippen LogP) is 21.0. The van der Waals surface area contributed by atoms with Crippen LogP contribution in [0.4, 0.5) is 0 Å². The Balaban J connectivity index is 5.26. The van der Waals surface area contributed by atoms with Crippen molar-refractivity contribution in [2.75, 3.05) is 39.6 Å². The quantitative estimate of drug-likeness (QED) is 0.0222. The average Bonchev–Trinajstić information content (AvgIpc) is 2.46. The zero-order valence-electron chi connectivity index (χ0n) is 60.0. The monoisotopic (exact) mass is 1350 g/mol. The van der Waals surface area contributed by atoms with E-state index in [2.05, 4.69) is 48.5 Å². The summed E-state index contributed by atoms with van der Waals surface area (Å²) in [5.41, 5.74) is 0. The number of unbranched alkanes of at least 4 members (excludes halogenated alkanes) is 39. The first-order valence-electron chi connectivity index (χ1n) is 37.8. The normalized spacial score (nSPS) is 14.1. The Kier molecular flexibility index (Phi) is 62.4. The lowest BCUT2D eigenvalue weighted by Crippen LogP contribution is -2.30. The van der Waals surface area contributed by atoms with Crippen molar-refractivity contribution in [1.82, 2.24) is 0 Å². The van der Waals surface area contributed by atoms with Crippen LogP contribution in [0.15, 0.2) is 0 Å². The van der Waals surface area contributed by atoms with E-state index in [0.29, 0.717) is 25.7 Å². The van der Waals surface area contributed by atoms with E-state index in [4.69, 9.17) is 37.0 Å². The number of carbonyl (C=O) groups excluding carboxylic acids is 4. The summed E-state index contributed by atoms with van der Waals surface area (Å²) in [5, 5.41) is 10.6. The zero-order chi connectivity index (χ0) is 68.0. The first kappa shape index (κ1) is 90.1. The van der Waals surface area contributed by atoms with Crippen molar-refractivity contribution >= 4 is 39.5 Å². The van der Waals surface area contributed by atoms with Crippen LogP contribution < -0.4 is 0 Å². The first-order chi connectivity index (χ1) is 44.2.